The first kappa shape index (κ1) is 14.3. The van der Waals surface area contributed by atoms with Crippen molar-refractivity contribution in [2.45, 2.75) is 39.6 Å². The van der Waals surface area contributed by atoms with E-state index in [0.29, 0.717) is 17.5 Å². The van der Waals surface area contributed by atoms with Crippen molar-refractivity contribution in [2.75, 3.05) is 11.4 Å². The zero-order chi connectivity index (χ0) is 13.0. The van der Waals surface area contributed by atoms with Crippen LogP contribution in [0.3, 0.4) is 0 Å². The molecule has 0 atom stereocenters. The second-order valence-electron chi connectivity index (χ2n) is 5.02. The zero-order valence-electron chi connectivity index (χ0n) is 11.0. The lowest BCUT2D eigenvalue weighted by Crippen LogP contribution is -2.35. The molecule has 0 aliphatic carbocycles. The summed E-state index contributed by atoms with van der Waals surface area (Å²) in [6.07, 6.45) is 0. The van der Waals surface area contributed by atoms with Gasteiger partial charge < -0.3 is 4.90 Å². The van der Waals surface area contributed by atoms with Crippen molar-refractivity contribution in [3.05, 3.63) is 29.6 Å². The molecule has 0 saturated heterocycles. The van der Waals surface area contributed by atoms with E-state index in [0.717, 1.165) is 12.1 Å². The number of halogens is 2. The predicted molar refractivity (Wildman–Crippen MR) is 73.3 cm³/mol. The molecule has 0 unspecified atom stereocenters. The molecule has 0 aliphatic heterocycles. The fourth-order valence-corrected chi connectivity index (χ4v) is 2.16. The lowest BCUT2D eigenvalue weighted by Gasteiger charge is -2.32. The van der Waals surface area contributed by atoms with Gasteiger partial charge in [-0.25, -0.2) is 4.39 Å². The van der Waals surface area contributed by atoms with Gasteiger partial charge in [0, 0.05) is 18.5 Å². The maximum atomic E-state index is 14.0. The van der Waals surface area contributed by atoms with Crippen molar-refractivity contribution in [2.24, 2.45) is 5.92 Å². The molecule has 17 heavy (non-hydrogen) atoms. The van der Waals surface area contributed by atoms with E-state index < -0.39 is 0 Å². The normalized spacial score (nSPS) is 11.3. The molecule has 96 valence electrons. The number of rotatable bonds is 5. The van der Waals surface area contributed by atoms with E-state index in [1.165, 1.54) is 6.07 Å². The topological polar surface area (TPSA) is 3.24 Å². The van der Waals surface area contributed by atoms with E-state index >= 15 is 0 Å². The summed E-state index contributed by atoms with van der Waals surface area (Å²) in [5, 5.41) is 0. The number of benzene rings is 1. The third-order valence-electron chi connectivity index (χ3n) is 2.69. The van der Waals surface area contributed by atoms with Crippen LogP contribution < -0.4 is 4.90 Å². The third-order valence-corrected chi connectivity index (χ3v) is 2.97. The molecule has 1 rings (SSSR count). The molecule has 0 bridgehead atoms. The maximum absolute atomic E-state index is 14.0. The minimum absolute atomic E-state index is 0.183. The Balaban J connectivity index is 3.17. The summed E-state index contributed by atoms with van der Waals surface area (Å²) in [5.74, 6) is 0.645. The number of nitrogens with zero attached hydrogens (tertiary/aromatic N) is 1. The van der Waals surface area contributed by atoms with Crippen molar-refractivity contribution >= 4 is 17.3 Å². The Labute approximate surface area is 109 Å². The average molecular weight is 258 g/mol. The molecule has 0 heterocycles. The first-order valence-electron chi connectivity index (χ1n) is 6.07. The van der Waals surface area contributed by atoms with Crippen LogP contribution >= 0.6 is 11.6 Å². The van der Waals surface area contributed by atoms with Gasteiger partial charge in [-0.3, -0.25) is 0 Å². The molecule has 0 N–H and O–H groups in total. The molecule has 3 heteroatoms. The van der Waals surface area contributed by atoms with E-state index in [1.54, 1.807) is 6.07 Å². The van der Waals surface area contributed by atoms with Crippen LogP contribution in [0.25, 0.3) is 0 Å². The van der Waals surface area contributed by atoms with Crippen molar-refractivity contribution in [1.82, 2.24) is 0 Å². The molecule has 1 aromatic carbocycles. The Hall–Kier alpha value is -0.760. The van der Waals surface area contributed by atoms with Crippen LogP contribution in [0.2, 0.25) is 0 Å². The average Bonchev–Trinajstić information content (AvgIpc) is 2.25. The molecular formula is C14H21ClFN. The molecule has 1 nitrogen and oxygen atoms in total. The van der Waals surface area contributed by atoms with Gasteiger partial charge in [0.2, 0.25) is 0 Å². The summed E-state index contributed by atoms with van der Waals surface area (Å²) < 4.78 is 14.0. The van der Waals surface area contributed by atoms with Crippen LogP contribution in [0.5, 0.6) is 0 Å². The first-order chi connectivity index (χ1) is 7.97. The molecule has 0 amide bonds. The smallest absolute Gasteiger partial charge is 0.146 e. The Kier molecular flexibility index (Phi) is 5.26. The Morgan fingerprint density at radius 1 is 1.24 bits per heavy atom. The quantitative estimate of drug-likeness (QED) is 0.705. The van der Waals surface area contributed by atoms with Gasteiger partial charge in [-0.1, -0.05) is 26.0 Å². The van der Waals surface area contributed by atoms with Crippen molar-refractivity contribution < 1.29 is 4.39 Å². The van der Waals surface area contributed by atoms with E-state index in [1.807, 2.05) is 6.07 Å². The highest BCUT2D eigenvalue weighted by atomic mass is 35.5. The van der Waals surface area contributed by atoms with Crippen LogP contribution in [0.15, 0.2) is 18.2 Å². The van der Waals surface area contributed by atoms with E-state index in [4.69, 9.17) is 11.6 Å². The minimum atomic E-state index is -0.183. The van der Waals surface area contributed by atoms with Crippen molar-refractivity contribution in [3.8, 4) is 0 Å². The van der Waals surface area contributed by atoms with Crippen molar-refractivity contribution in [1.29, 1.82) is 0 Å². The number of hydrogen-bond donors (Lipinski definition) is 0. The number of anilines is 1. The molecular weight excluding hydrogens is 237 g/mol. The highest BCUT2D eigenvalue weighted by molar-refractivity contribution is 6.17. The summed E-state index contributed by atoms with van der Waals surface area (Å²) in [6.45, 7) is 9.26. The summed E-state index contributed by atoms with van der Waals surface area (Å²) in [5.41, 5.74) is 1.52. The van der Waals surface area contributed by atoms with Crippen LogP contribution in [0.4, 0.5) is 10.1 Å². The second kappa shape index (κ2) is 6.25. The summed E-state index contributed by atoms with van der Waals surface area (Å²) in [4.78, 5) is 2.09. The van der Waals surface area contributed by atoms with E-state index in [2.05, 4.69) is 32.6 Å². The maximum Gasteiger partial charge on any atom is 0.146 e. The van der Waals surface area contributed by atoms with Gasteiger partial charge in [-0.2, -0.15) is 0 Å². The monoisotopic (exact) mass is 257 g/mol. The van der Waals surface area contributed by atoms with Gasteiger partial charge in [0.15, 0.2) is 0 Å². The second-order valence-corrected chi connectivity index (χ2v) is 5.29. The first-order valence-corrected chi connectivity index (χ1v) is 6.60. The number of hydrogen-bond acceptors (Lipinski definition) is 1. The van der Waals surface area contributed by atoms with E-state index in [-0.39, 0.29) is 11.9 Å². The Morgan fingerprint density at radius 3 is 2.35 bits per heavy atom. The fraction of sp³-hybridized carbons (Fsp3) is 0.571. The largest absolute Gasteiger partial charge is 0.366 e. The molecule has 0 aromatic heterocycles. The molecule has 0 saturated carbocycles. The molecule has 1 aromatic rings. The summed E-state index contributed by atoms with van der Waals surface area (Å²) in [6, 6.07) is 5.36. The highest BCUT2D eigenvalue weighted by Gasteiger charge is 2.19. The van der Waals surface area contributed by atoms with Gasteiger partial charge in [0.05, 0.1) is 5.69 Å². The molecule has 0 spiro atoms. The Bertz CT molecular complexity index is 363. The third kappa shape index (κ3) is 3.60. The fourth-order valence-electron chi connectivity index (χ4n) is 1.94. The van der Waals surface area contributed by atoms with Crippen LogP contribution in [-0.2, 0) is 5.88 Å². The van der Waals surface area contributed by atoms with Gasteiger partial charge in [0.1, 0.15) is 5.82 Å². The van der Waals surface area contributed by atoms with Gasteiger partial charge in [-0.15, -0.1) is 11.6 Å². The molecule has 0 aliphatic rings. The lowest BCUT2D eigenvalue weighted by atomic mass is 10.1. The number of para-hydroxylation sites is 1. The predicted octanol–water partition coefficient (Wildman–Crippen LogP) is 4.44. The van der Waals surface area contributed by atoms with Crippen molar-refractivity contribution in [3.63, 3.8) is 0 Å². The SMILES string of the molecule is CC(C)CN(c1c(F)cccc1CCl)C(C)C. The van der Waals surface area contributed by atoms with Crippen LogP contribution in [-0.4, -0.2) is 12.6 Å². The minimum Gasteiger partial charge on any atom is -0.366 e. The molecule has 0 fully saturated rings. The molecule has 0 radical (unpaired) electrons. The van der Waals surface area contributed by atoms with Gasteiger partial charge in [0.25, 0.3) is 0 Å². The van der Waals surface area contributed by atoms with E-state index in [9.17, 15) is 4.39 Å². The van der Waals surface area contributed by atoms with Gasteiger partial charge in [-0.05, 0) is 31.4 Å². The zero-order valence-corrected chi connectivity index (χ0v) is 11.8. The van der Waals surface area contributed by atoms with Gasteiger partial charge >= 0.3 is 0 Å². The summed E-state index contributed by atoms with van der Waals surface area (Å²) in [7, 11) is 0. The standard InChI is InChI=1S/C14H21ClFN/c1-10(2)9-17(11(3)4)14-12(8-15)6-5-7-13(14)16/h5-7,10-11H,8-9H2,1-4H3. The van der Waals surface area contributed by atoms with Crippen LogP contribution in [0.1, 0.15) is 33.3 Å². The van der Waals surface area contributed by atoms with Crippen LogP contribution in [0, 0.1) is 11.7 Å². The Morgan fingerprint density at radius 2 is 1.88 bits per heavy atom. The summed E-state index contributed by atoms with van der Waals surface area (Å²) >= 11 is 5.90. The number of alkyl halides is 1. The lowest BCUT2D eigenvalue weighted by molar-refractivity contribution is 0.548. The highest BCUT2D eigenvalue weighted by Crippen LogP contribution is 2.28.